The van der Waals surface area contributed by atoms with E-state index < -0.39 is 5.82 Å². The molecule has 5 nitrogen and oxygen atoms in total. The van der Waals surface area contributed by atoms with Crippen LogP contribution in [0.15, 0.2) is 46.5 Å². The molecule has 1 aliphatic rings. The highest BCUT2D eigenvalue weighted by atomic mass is 32.1. The van der Waals surface area contributed by atoms with Crippen LogP contribution in [0.3, 0.4) is 0 Å². The number of nitrogens with zero attached hydrogens (tertiary/aromatic N) is 3. The average molecular weight is 403 g/mol. The number of halogens is 1. The maximum absolute atomic E-state index is 13.7. The summed E-state index contributed by atoms with van der Waals surface area (Å²) in [6, 6.07) is 8.04. The lowest BCUT2D eigenvalue weighted by molar-refractivity contribution is 0.142. The van der Waals surface area contributed by atoms with Crippen molar-refractivity contribution in [2.45, 2.75) is 6.54 Å². The first kappa shape index (κ1) is 18.1. The van der Waals surface area contributed by atoms with Gasteiger partial charge in [0.1, 0.15) is 10.8 Å². The van der Waals surface area contributed by atoms with Gasteiger partial charge in [0.05, 0.1) is 11.4 Å². The van der Waals surface area contributed by atoms with Crippen molar-refractivity contribution in [3.05, 3.63) is 58.0 Å². The highest BCUT2D eigenvalue weighted by Gasteiger charge is 2.22. The van der Waals surface area contributed by atoms with Crippen molar-refractivity contribution in [1.82, 2.24) is 14.8 Å². The van der Waals surface area contributed by atoms with Crippen LogP contribution in [0.4, 0.5) is 14.9 Å². The second-order valence-electron chi connectivity index (χ2n) is 6.33. The Labute approximate surface area is 165 Å². The summed E-state index contributed by atoms with van der Waals surface area (Å²) in [5, 5.41) is 9.96. The minimum Gasteiger partial charge on any atom is -0.322 e. The number of para-hydroxylation sites is 1. The quantitative estimate of drug-likeness (QED) is 0.705. The number of urea groups is 1. The number of anilines is 1. The first-order chi connectivity index (χ1) is 13.2. The fourth-order valence-electron chi connectivity index (χ4n) is 2.99. The molecule has 140 valence electrons. The molecule has 27 heavy (non-hydrogen) atoms. The van der Waals surface area contributed by atoms with Crippen molar-refractivity contribution in [2.75, 3.05) is 31.5 Å². The molecule has 3 heterocycles. The molecule has 0 unspecified atom stereocenters. The van der Waals surface area contributed by atoms with E-state index in [1.165, 1.54) is 11.6 Å². The Hall–Kier alpha value is -2.29. The summed E-state index contributed by atoms with van der Waals surface area (Å²) in [6.45, 7) is 3.55. The number of nitrogens with one attached hydrogen (secondary N) is 1. The second kappa shape index (κ2) is 8.16. The molecule has 0 spiro atoms. The van der Waals surface area contributed by atoms with Crippen LogP contribution in [-0.2, 0) is 6.54 Å². The number of thiazole rings is 1. The minimum atomic E-state index is -0.422. The SMILES string of the molecule is O=C(Nc1ccccc1F)N1CCN(Cc2csc(-c3ccsc3)n2)CC1. The molecule has 0 aliphatic carbocycles. The second-order valence-corrected chi connectivity index (χ2v) is 7.97. The zero-order chi connectivity index (χ0) is 18.6. The summed E-state index contributed by atoms with van der Waals surface area (Å²) in [5.74, 6) is -0.422. The molecule has 1 N–H and O–H groups in total. The number of thiophene rings is 1. The molecular weight excluding hydrogens is 383 g/mol. The van der Waals surface area contributed by atoms with Gasteiger partial charge in [-0.1, -0.05) is 12.1 Å². The number of aromatic nitrogens is 1. The number of carbonyl (C=O) groups excluding carboxylic acids is 1. The van der Waals surface area contributed by atoms with Crippen LogP contribution < -0.4 is 5.32 Å². The number of amides is 2. The van der Waals surface area contributed by atoms with Gasteiger partial charge in [-0.25, -0.2) is 14.2 Å². The number of carbonyl (C=O) groups is 1. The van der Waals surface area contributed by atoms with Crippen LogP contribution in [0.1, 0.15) is 5.69 Å². The molecule has 1 saturated heterocycles. The smallest absolute Gasteiger partial charge is 0.322 e. The third-order valence-corrected chi connectivity index (χ3v) is 6.10. The lowest BCUT2D eigenvalue weighted by atomic mass is 10.3. The van der Waals surface area contributed by atoms with E-state index in [1.54, 1.807) is 45.8 Å². The summed E-state index contributed by atoms with van der Waals surface area (Å²) in [7, 11) is 0. The van der Waals surface area contributed by atoms with E-state index in [-0.39, 0.29) is 11.7 Å². The van der Waals surface area contributed by atoms with Crippen LogP contribution in [0.25, 0.3) is 10.6 Å². The van der Waals surface area contributed by atoms with Gasteiger partial charge in [0.15, 0.2) is 0 Å². The fourth-order valence-corrected chi connectivity index (χ4v) is 4.52. The van der Waals surface area contributed by atoms with Crippen LogP contribution in [-0.4, -0.2) is 47.0 Å². The van der Waals surface area contributed by atoms with Gasteiger partial charge in [0, 0.05) is 49.0 Å². The molecular formula is C19H19FN4OS2. The fraction of sp³-hybridized carbons (Fsp3) is 0.263. The predicted octanol–water partition coefficient (Wildman–Crippen LogP) is 4.36. The molecule has 1 aromatic carbocycles. The number of hydrogen-bond acceptors (Lipinski definition) is 5. The minimum absolute atomic E-state index is 0.216. The lowest BCUT2D eigenvalue weighted by Crippen LogP contribution is -2.49. The van der Waals surface area contributed by atoms with Crippen molar-refractivity contribution >= 4 is 34.4 Å². The lowest BCUT2D eigenvalue weighted by Gasteiger charge is -2.34. The first-order valence-electron chi connectivity index (χ1n) is 8.69. The number of rotatable bonds is 4. The molecule has 1 fully saturated rings. The van der Waals surface area contributed by atoms with E-state index in [2.05, 4.69) is 32.4 Å². The topological polar surface area (TPSA) is 48.5 Å². The Morgan fingerprint density at radius 1 is 1.15 bits per heavy atom. The summed E-state index contributed by atoms with van der Waals surface area (Å²) >= 11 is 3.34. The Morgan fingerprint density at radius 2 is 1.96 bits per heavy atom. The molecule has 2 amide bonds. The summed E-state index contributed by atoms with van der Waals surface area (Å²) < 4.78 is 13.7. The Balaban J connectivity index is 1.29. The molecule has 2 aromatic heterocycles. The van der Waals surface area contributed by atoms with Crippen LogP contribution in [0.5, 0.6) is 0 Å². The van der Waals surface area contributed by atoms with Crippen LogP contribution in [0, 0.1) is 5.82 Å². The Kier molecular flexibility index (Phi) is 5.47. The zero-order valence-electron chi connectivity index (χ0n) is 14.6. The number of piperazine rings is 1. The van der Waals surface area contributed by atoms with E-state index in [1.807, 2.05) is 0 Å². The van der Waals surface area contributed by atoms with Crippen LogP contribution in [0.2, 0.25) is 0 Å². The van der Waals surface area contributed by atoms with Crippen molar-refractivity contribution in [2.24, 2.45) is 0 Å². The third kappa shape index (κ3) is 4.35. The van der Waals surface area contributed by atoms with Gasteiger partial charge in [-0.2, -0.15) is 11.3 Å². The Morgan fingerprint density at radius 3 is 2.70 bits per heavy atom. The van der Waals surface area contributed by atoms with Crippen molar-refractivity contribution in [1.29, 1.82) is 0 Å². The third-order valence-electron chi connectivity index (χ3n) is 4.48. The molecule has 0 bridgehead atoms. The van der Waals surface area contributed by atoms with E-state index in [4.69, 9.17) is 4.98 Å². The molecule has 4 rings (SSSR count). The monoisotopic (exact) mass is 402 g/mol. The van der Waals surface area contributed by atoms with Crippen molar-refractivity contribution in [3.63, 3.8) is 0 Å². The molecule has 0 radical (unpaired) electrons. The maximum atomic E-state index is 13.7. The van der Waals surface area contributed by atoms with Crippen LogP contribution >= 0.6 is 22.7 Å². The molecule has 0 atom stereocenters. The van der Waals surface area contributed by atoms with Gasteiger partial charge in [0.2, 0.25) is 0 Å². The van der Waals surface area contributed by atoms with Gasteiger partial charge in [-0.05, 0) is 23.6 Å². The highest BCUT2D eigenvalue weighted by Crippen LogP contribution is 2.26. The average Bonchev–Trinajstić information content (AvgIpc) is 3.36. The normalized spacial score (nSPS) is 15.1. The Bertz CT molecular complexity index is 904. The zero-order valence-corrected chi connectivity index (χ0v) is 16.2. The van der Waals surface area contributed by atoms with Gasteiger partial charge < -0.3 is 10.2 Å². The molecule has 0 saturated carbocycles. The first-order valence-corrected chi connectivity index (χ1v) is 10.5. The van der Waals surface area contributed by atoms with Gasteiger partial charge in [-0.3, -0.25) is 4.90 Å². The largest absolute Gasteiger partial charge is 0.322 e. The van der Waals surface area contributed by atoms with Crippen molar-refractivity contribution in [3.8, 4) is 10.6 Å². The molecule has 3 aromatic rings. The summed E-state index contributed by atoms with van der Waals surface area (Å²) in [6.07, 6.45) is 0. The van der Waals surface area contributed by atoms with E-state index in [9.17, 15) is 9.18 Å². The molecule has 1 aliphatic heterocycles. The standard InChI is InChI=1S/C19H19FN4OS2/c20-16-3-1-2-4-17(16)22-19(25)24-8-6-23(7-9-24)11-15-13-27-18(21-15)14-5-10-26-12-14/h1-5,10,12-13H,6-9,11H2,(H,22,25). The summed E-state index contributed by atoms with van der Waals surface area (Å²) in [4.78, 5) is 21.1. The van der Waals surface area contributed by atoms with E-state index in [0.717, 1.165) is 30.3 Å². The maximum Gasteiger partial charge on any atom is 0.322 e. The van der Waals surface area contributed by atoms with Gasteiger partial charge in [0.25, 0.3) is 0 Å². The summed E-state index contributed by atoms with van der Waals surface area (Å²) in [5.41, 5.74) is 2.45. The molecule has 8 heteroatoms. The van der Waals surface area contributed by atoms with Gasteiger partial charge >= 0.3 is 6.03 Å². The van der Waals surface area contributed by atoms with Gasteiger partial charge in [-0.15, -0.1) is 11.3 Å². The number of hydrogen-bond donors (Lipinski definition) is 1. The highest BCUT2D eigenvalue weighted by molar-refractivity contribution is 7.14. The van der Waals surface area contributed by atoms with E-state index >= 15 is 0 Å². The van der Waals surface area contributed by atoms with Crippen molar-refractivity contribution < 1.29 is 9.18 Å². The number of benzene rings is 1. The predicted molar refractivity (Wildman–Crippen MR) is 108 cm³/mol. The van der Waals surface area contributed by atoms with E-state index in [0.29, 0.717) is 13.1 Å².